The van der Waals surface area contributed by atoms with Gasteiger partial charge in [-0.25, -0.2) is 4.98 Å². The monoisotopic (exact) mass is 330 g/mol. The summed E-state index contributed by atoms with van der Waals surface area (Å²) >= 11 is 12.5. The van der Waals surface area contributed by atoms with E-state index in [-0.39, 0.29) is 5.54 Å². The summed E-state index contributed by atoms with van der Waals surface area (Å²) in [7, 11) is 0. The smallest absolute Gasteiger partial charge is 0.150 e. The zero-order chi connectivity index (χ0) is 15.6. The third-order valence-corrected chi connectivity index (χ3v) is 4.35. The van der Waals surface area contributed by atoms with Gasteiger partial charge < -0.3 is 10.2 Å². The number of hydrogen-bond donors (Lipinski definition) is 1. The molecule has 118 valence electrons. The average Bonchev–Trinajstić information content (AvgIpc) is 2.41. The molecule has 2 rings (SSSR count). The van der Waals surface area contributed by atoms with Gasteiger partial charge in [0, 0.05) is 38.3 Å². The summed E-state index contributed by atoms with van der Waals surface area (Å²) < 4.78 is 0. The van der Waals surface area contributed by atoms with Crippen LogP contribution >= 0.6 is 23.2 Å². The van der Waals surface area contributed by atoms with Crippen molar-refractivity contribution in [3.8, 4) is 0 Å². The topological polar surface area (TPSA) is 31.4 Å². The number of anilines is 2. The van der Waals surface area contributed by atoms with E-state index in [0.717, 1.165) is 38.5 Å². The number of rotatable bonds is 3. The summed E-state index contributed by atoms with van der Waals surface area (Å²) in [5.41, 5.74) is 0.207. The van der Waals surface area contributed by atoms with Crippen molar-refractivity contribution in [1.82, 2.24) is 9.88 Å². The third kappa shape index (κ3) is 3.93. The molecule has 1 N–H and O–H groups in total. The highest BCUT2D eigenvalue weighted by Gasteiger charge is 2.27. The van der Waals surface area contributed by atoms with E-state index < -0.39 is 0 Å². The Bertz CT molecular complexity index is 491. The maximum absolute atomic E-state index is 6.33. The Hall–Kier alpha value is -0.710. The van der Waals surface area contributed by atoms with Crippen LogP contribution in [-0.4, -0.2) is 48.1 Å². The van der Waals surface area contributed by atoms with Crippen molar-refractivity contribution in [3.63, 3.8) is 0 Å². The molecule has 6 heteroatoms. The number of pyridine rings is 1. The molecule has 1 fully saturated rings. The van der Waals surface area contributed by atoms with E-state index >= 15 is 0 Å². The number of nitrogens with zero attached hydrogens (tertiary/aromatic N) is 3. The van der Waals surface area contributed by atoms with Gasteiger partial charge in [0.15, 0.2) is 0 Å². The van der Waals surface area contributed by atoms with E-state index in [2.05, 4.69) is 40.9 Å². The van der Waals surface area contributed by atoms with Gasteiger partial charge >= 0.3 is 0 Å². The van der Waals surface area contributed by atoms with Crippen LogP contribution in [0.15, 0.2) is 6.07 Å². The summed E-state index contributed by atoms with van der Waals surface area (Å²) in [4.78, 5) is 9.33. The summed E-state index contributed by atoms with van der Waals surface area (Å²) in [6, 6.07) is 1.78. The fraction of sp³-hybridized carbons (Fsp3) is 0.667. The lowest BCUT2D eigenvalue weighted by Gasteiger charge is -2.42. The summed E-state index contributed by atoms with van der Waals surface area (Å²) in [5, 5.41) is 4.36. The average molecular weight is 331 g/mol. The Morgan fingerprint density at radius 3 is 2.29 bits per heavy atom. The van der Waals surface area contributed by atoms with Crippen molar-refractivity contribution in [3.05, 3.63) is 16.1 Å². The molecular formula is C15H24Cl2N4. The molecule has 0 spiro atoms. The predicted octanol–water partition coefficient (Wildman–Crippen LogP) is 3.74. The van der Waals surface area contributed by atoms with E-state index in [1.165, 1.54) is 0 Å². The molecule has 1 aromatic rings. The lowest BCUT2D eigenvalue weighted by atomic mass is 10.1. The second kappa shape index (κ2) is 6.59. The van der Waals surface area contributed by atoms with Gasteiger partial charge in [-0.1, -0.05) is 23.2 Å². The third-order valence-electron chi connectivity index (χ3n) is 3.78. The number of halogens is 2. The van der Waals surface area contributed by atoms with Gasteiger partial charge in [-0.15, -0.1) is 0 Å². The van der Waals surface area contributed by atoms with Crippen molar-refractivity contribution >= 4 is 34.8 Å². The minimum Gasteiger partial charge on any atom is -0.369 e. The van der Waals surface area contributed by atoms with Crippen molar-refractivity contribution < 1.29 is 0 Å². The zero-order valence-corrected chi connectivity index (χ0v) is 14.7. The first-order valence-electron chi connectivity index (χ1n) is 7.43. The molecule has 1 saturated heterocycles. The molecule has 0 aromatic carbocycles. The molecule has 1 aliphatic heterocycles. The Kier molecular flexibility index (Phi) is 5.23. The van der Waals surface area contributed by atoms with Gasteiger partial charge in [-0.2, -0.15) is 0 Å². The molecular weight excluding hydrogens is 307 g/mol. The Labute approximate surface area is 137 Å². The molecule has 1 aliphatic rings. The Morgan fingerprint density at radius 2 is 1.76 bits per heavy atom. The van der Waals surface area contributed by atoms with Crippen LogP contribution < -0.4 is 10.2 Å². The molecule has 0 radical (unpaired) electrons. The van der Waals surface area contributed by atoms with Crippen LogP contribution in [0.4, 0.5) is 11.6 Å². The molecule has 0 amide bonds. The van der Waals surface area contributed by atoms with E-state index in [4.69, 9.17) is 23.2 Å². The van der Waals surface area contributed by atoms with E-state index in [1.807, 2.05) is 6.92 Å². The quantitative estimate of drug-likeness (QED) is 0.914. The van der Waals surface area contributed by atoms with E-state index in [9.17, 15) is 0 Å². The molecule has 0 bridgehead atoms. The number of hydrogen-bond acceptors (Lipinski definition) is 4. The second-order valence-corrected chi connectivity index (χ2v) is 7.11. The van der Waals surface area contributed by atoms with Crippen LogP contribution in [0.2, 0.25) is 10.0 Å². The van der Waals surface area contributed by atoms with Gasteiger partial charge in [-0.05, 0) is 33.8 Å². The fourth-order valence-electron chi connectivity index (χ4n) is 2.56. The van der Waals surface area contributed by atoms with Crippen LogP contribution in [0, 0.1) is 0 Å². The number of nitrogens with one attached hydrogen (secondary N) is 1. The minimum absolute atomic E-state index is 0.207. The fourth-order valence-corrected chi connectivity index (χ4v) is 3.10. The second-order valence-electron chi connectivity index (χ2n) is 6.30. The largest absolute Gasteiger partial charge is 0.369 e. The Balaban J connectivity index is 2.15. The molecule has 1 aromatic heterocycles. The lowest BCUT2D eigenvalue weighted by Crippen LogP contribution is -2.53. The first-order valence-corrected chi connectivity index (χ1v) is 8.18. The summed E-state index contributed by atoms with van der Waals surface area (Å²) in [5.74, 6) is 1.53. The van der Waals surface area contributed by atoms with Gasteiger partial charge in [0.25, 0.3) is 0 Å². The Morgan fingerprint density at radius 1 is 1.14 bits per heavy atom. The maximum atomic E-state index is 6.33. The highest BCUT2D eigenvalue weighted by Crippen LogP contribution is 2.32. The zero-order valence-electron chi connectivity index (χ0n) is 13.2. The minimum atomic E-state index is 0.207. The maximum Gasteiger partial charge on any atom is 0.150 e. The van der Waals surface area contributed by atoms with Crippen LogP contribution in [0.3, 0.4) is 0 Å². The van der Waals surface area contributed by atoms with Crippen molar-refractivity contribution in [2.24, 2.45) is 0 Å². The molecule has 4 nitrogen and oxygen atoms in total. The molecule has 0 unspecified atom stereocenters. The molecule has 21 heavy (non-hydrogen) atoms. The van der Waals surface area contributed by atoms with Crippen LogP contribution in [0.1, 0.15) is 27.7 Å². The number of aromatic nitrogens is 1. The summed E-state index contributed by atoms with van der Waals surface area (Å²) in [6.07, 6.45) is 0. The first kappa shape index (κ1) is 16.7. The predicted molar refractivity (Wildman–Crippen MR) is 92.0 cm³/mol. The van der Waals surface area contributed by atoms with Gasteiger partial charge in [0.2, 0.25) is 0 Å². The van der Waals surface area contributed by atoms with Gasteiger partial charge in [-0.3, -0.25) is 4.90 Å². The van der Waals surface area contributed by atoms with Crippen LogP contribution in [0.5, 0.6) is 0 Å². The number of piperazine rings is 1. The van der Waals surface area contributed by atoms with Crippen LogP contribution in [0.25, 0.3) is 0 Å². The van der Waals surface area contributed by atoms with Crippen molar-refractivity contribution in [1.29, 1.82) is 0 Å². The van der Waals surface area contributed by atoms with E-state index in [1.54, 1.807) is 6.07 Å². The normalized spacial score (nSPS) is 17.1. The molecule has 0 atom stereocenters. The van der Waals surface area contributed by atoms with Gasteiger partial charge in [0.1, 0.15) is 11.6 Å². The highest BCUT2D eigenvalue weighted by atomic mass is 35.5. The highest BCUT2D eigenvalue weighted by molar-refractivity contribution is 6.37. The molecule has 2 heterocycles. The standard InChI is InChI=1S/C15H24Cl2N4/c1-5-18-13-11(16)10-12(17)14(19-13)20-6-8-21(9-7-20)15(2,3)4/h10H,5-9H2,1-4H3,(H,18,19). The van der Waals surface area contributed by atoms with Crippen LogP contribution in [-0.2, 0) is 0 Å². The SMILES string of the molecule is CCNc1nc(N2CCN(C(C)(C)C)CC2)c(Cl)cc1Cl. The van der Waals surface area contributed by atoms with E-state index in [0.29, 0.717) is 15.9 Å². The lowest BCUT2D eigenvalue weighted by molar-refractivity contribution is 0.128. The first-order chi connectivity index (χ1) is 9.82. The summed E-state index contributed by atoms with van der Waals surface area (Å²) in [6.45, 7) is 13.4. The molecule has 0 aliphatic carbocycles. The van der Waals surface area contributed by atoms with Crippen molar-refractivity contribution in [2.75, 3.05) is 42.9 Å². The van der Waals surface area contributed by atoms with Crippen molar-refractivity contribution in [2.45, 2.75) is 33.2 Å². The van der Waals surface area contributed by atoms with Gasteiger partial charge in [0.05, 0.1) is 10.0 Å². The molecule has 0 saturated carbocycles.